The molecule has 0 aromatic heterocycles. The third-order valence-corrected chi connectivity index (χ3v) is 3.36. The van der Waals surface area contributed by atoms with Gasteiger partial charge in [-0.1, -0.05) is 6.92 Å². The summed E-state index contributed by atoms with van der Waals surface area (Å²) in [6, 6.07) is 0. The van der Waals surface area contributed by atoms with Crippen LogP contribution >= 0.6 is 0 Å². The van der Waals surface area contributed by atoms with Gasteiger partial charge in [0.1, 0.15) is 0 Å². The van der Waals surface area contributed by atoms with Crippen LogP contribution < -0.4 is 5.32 Å². The van der Waals surface area contributed by atoms with Crippen molar-refractivity contribution in [1.82, 2.24) is 5.32 Å². The molecule has 0 fully saturated rings. The van der Waals surface area contributed by atoms with Gasteiger partial charge in [0.05, 0.1) is 33.0 Å². The Labute approximate surface area is 107 Å². The average Bonchev–Trinajstić information content (AvgIpc) is 2.35. The maximum Gasteiger partial charge on any atom is 0.0701 e. The fourth-order valence-corrected chi connectivity index (χ4v) is 1.72. The fourth-order valence-electron chi connectivity index (χ4n) is 1.06. The Morgan fingerprint density at radius 2 is 1.65 bits per heavy atom. The highest BCUT2D eigenvalue weighted by Gasteiger charge is 1.95. The van der Waals surface area contributed by atoms with Crippen molar-refractivity contribution in [2.75, 3.05) is 64.7 Å². The lowest BCUT2D eigenvalue weighted by atomic mass is 10.6. The Balaban J connectivity index is 2.96. The minimum absolute atomic E-state index is 0.600. The molecule has 0 aromatic carbocycles. The summed E-state index contributed by atoms with van der Waals surface area (Å²) in [7, 11) is 0.974. The molecule has 0 saturated heterocycles. The van der Waals surface area contributed by atoms with Gasteiger partial charge in [0.25, 0.3) is 0 Å². The molecular weight excluding hydrogens is 242 g/mol. The summed E-state index contributed by atoms with van der Waals surface area (Å²) in [5.41, 5.74) is 0. The monoisotopic (exact) mass is 267 g/mol. The summed E-state index contributed by atoms with van der Waals surface area (Å²) in [6.07, 6.45) is 0. The molecule has 1 unspecified atom stereocenters. The molecule has 0 radical (unpaired) electrons. The second kappa shape index (κ2) is 14.1. The van der Waals surface area contributed by atoms with Crippen LogP contribution in [0.1, 0.15) is 6.92 Å². The normalized spacial score (nSPS) is 12.8. The van der Waals surface area contributed by atoms with Gasteiger partial charge < -0.3 is 19.5 Å². The van der Waals surface area contributed by atoms with Gasteiger partial charge >= 0.3 is 0 Å². The van der Waals surface area contributed by atoms with E-state index in [0.717, 1.165) is 24.6 Å². The largest absolute Gasteiger partial charge is 0.382 e. The Hall–Kier alpha value is -0.0100. The van der Waals surface area contributed by atoms with Crippen LogP contribution in [0.2, 0.25) is 0 Å². The quantitative estimate of drug-likeness (QED) is 0.477. The minimum Gasteiger partial charge on any atom is -0.382 e. The number of rotatable bonds is 13. The van der Waals surface area contributed by atoms with Crippen molar-refractivity contribution in [2.24, 2.45) is 0 Å². The zero-order valence-electron chi connectivity index (χ0n) is 10.9. The van der Waals surface area contributed by atoms with Crippen molar-refractivity contribution in [3.8, 4) is 0 Å². The molecule has 1 atom stereocenters. The molecule has 1 N–H and O–H groups in total. The molecule has 17 heavy (non-hydrogen) atoms. The molecule has 0 rings (SSSR count). The Bertz CT molecular complexity index is 181. The standard InChI is InChI=1S/C11H25NO4S/c1-3-17(13)11-5-12-4-6-15-9-10-16-8-7-14-2/h12H,3-11H2,1-2H3. The van der Waals surface area contributed by atoms with E-state index in [9.17, 15) is 4.21 Å². The second-order valence-corrected chi connectivity index (χ2v) is 5.27. The number of nitrogens with one attached hydrogen (secondary N) is 1. The van der Waals surface area contributed by atoms with Crippen molar-refractivity contribution in [2.45, 2.75) is 6.92 Å². The number of hydrogen-bond acceptors (Lipinski definition) is 5. The molecule has 0 aromatic rings. The Kier molecular flexibility index (Phi) is 14.0. The lowest BCUT2D eigenvalue weighted by Gasteiger charge is -2.06. The number of ether oxygens (including phenoxy) is 3. The highest BCUT2D eigenvalue weighted by molar-refractivity contribution is 7.84. The predicted octanol–water partition coefficient (Wildman–Crippen LogP) is 0.0242. The molecule has 5 nitrogen and oxygen atoms in total. The highest BCUT2D eigenvalue weighted by Crippen LogP contribution is 1.81. The van der Waals surface area contributed by atoms with Crippen molar-refractivity contribution >= 4 is 10.8 Å². The number of hydrogen-bond donors (Lipinski definition) is 1. The van der Waals surface area contributed by atoms with Crippen LogP contribution in [0.5, 0.6) is 0 Å². The molecule has 104 valence electrons. The smallest absolute Gasteiger partial charge is 0.0701 e. The third kappa shape index (κ3) is 13.9. The van der Waals surface area contributed by atoms with E-state index < -0.39 is 10.8 Å². The highest BCUT2D eigenvalue weighted by atomic mass is 32.2. The van der Waals surface area contributed by atoms with E-state index in [1.54, 1.807) is 7.11 Å². The van der Waals surface area contributed by atoms with Gasteiger partial charge in [0.15, 0.2) is 0 Å². The van der Waals surface area contributed by atoms with Gasteiger partial charge in [-0.05, 0) is 0 Å². The van der Waals surface area contributed by atoms with Crippen LogP contribution in [0.25, 0.3) is 0 Å². The lowest BCUT2D eigenvalue weighted by molar-refractivity contribution is 0.0256. The summed E-state index contributed by atoms with van der Waals surface area (Å²) in [4.78, 5) is 0. The van der Waals surface area contributed by atoms with Crippen LogP contribution in [0.15, 0.2) is 0 Å². The Morgan fingerprint density at radius 3 is 2.29 bits per heavy atom. The summed E-state index contributed by atoms with van der Waals surface area (Å²) in [5, 5.41) is 3.18. The maximum absolute atomic E-state index is 11.1. The van der Waals surface area contributed by atoms with E-state index in [-0.39, 0.29) is 0 Å². The molecular formula is C11H25NO4S. The van der Waals surface area contributed by atoms with E-state index in [2.05, 4.69) is 5.32 Å². The molecule has 6 heteroatoms. The predicted molar refractivity (Wildman–Crippen MR) is 69.9 cm³/mol. The van der Waals surface area contributed by atoms with Gasteiger partial charge in [-0.15, -0.1) is 0 Å². The van der Waals surface area contributed by atoms with E-state index >= 15 is 0 Å². The van der Waals surface area contributed by atoms with E-state index in [0.29, 0.717) is 33.0 Å². The number of methoxy groups -OCH3 is 1. The van der Waals surface area contributed by atoms with Crippen molar-refractivity contribution in [1.29, 1.82) is 0 Å². The third-order valence-electron chi connectivity index (χ3n) is 2.06. The molecule has 0 heterocycles. The Morgan fingerprint density at radius 1 is 1.00 bits per heavy atom. The maximum atomic E-state index is 11.1. The molecule has 0 aliphatic heterocycles. The molecule has 0 spiro atoms. The van der Waals surface area contributed by atoms with Gasteiger partial charge in [-0.2, -0.15) is 0 Å². The first-order valence-corrected chi connectivity index (χ1v) is 7.50. The van der Waals surface area contributed by atoms with E-state index in [1.165, 1.54) is 0 Å². The SMILES string of the molecule is CCS(=O)CCNCCOCCOCCOC. The summed E-state index contributed by atoms with van der Waals surface area (Å²) in [5.74, 6) is 1.45. The molecule has 0 aliphatic carbocycles. The van der Waals surface area contributed by atoms with Crippen LogP contribution in [0.4, 0.5) is 0 Å². The van der Waals surface area contributed by atoms with Gasteiger partial charge in [0, 0.05) is 42.5 Å². The minimum atomic E-state index is -0.676. The van der Waals surface area contributed by atoms with Gasteiger partial charge in [-0.3, -0.25) is 4.21 Å². The van der Waals surface area contributed by atoms with Crippen LogP contribution in [-0.2, 0) is 25.0 Å². The van der Waals surface area contributed by atoms with Crippen molar-refractivity contribution in [3.63, 3.8) is 0 Å². The first-order chi connectivity index (χ1) is 8.31. The van der Waals surface area contributed by atoms with E-state index in [4.69, 9.17) is 14.2 Å². The topological polar surface area (TPSA) is 56.8 Å². The fraction of sp³-hybridized carbons (Fsp3) is 1.00. The van der Waals surface area contributed by atoms with E-state index in [1.807, 2.05) is 6.92 Å². The van der Waals surface area contributed by atoms with Crippen molar-refractivity contribution in [3.05, 3.63) is 0 Å². The molecule has 0 bridgehead atoms. The first kappa shape index (κ1) is 17.0. The zero-order chi connectivity index (χ0) is 12.8. The van der Waals surface area contributed by atoms with Crippen LogP contribution in [0.3, 0.4) is 0 Å². The van der Waals surface area contributed by atoms with Gasteiger partial charge in [-0.25, -0.2) is 0 Å². The summed E-state index contributed by atoms with van der Waals surface area (Å²) >= 11 is 0. The lowest BCUT2D eigenvalue weighted by Crippen LogP contribution is -2.25. The molecule has 0 saturated carbocycles. The first-order valence-electron chi connectivity index (χ1n) is 6.01. The zero-order valence-corrected chi connectivity index (χ0v) is 11.7. The molecule has 0 aliphatic rings. The second-order valence-electron chi connectivity index (χ2n) is 3.40. The van der Waals surface area contributed by atoms with Crippen LogP contribution in [0, 0.1) is 0 Å². The summed E-state index contributed by atoms with van der Waals surface area (Å²) in [6.45, 7) is 6.61. The van der Waals surface area contributed by atoms with Crippen LogP contribution in [-0.4, -0.2) is 68.9 Å². The molecule has 0 amide bonds. The summed E-state index contributed by atoms with van der Waals surface area (Å²) < 4.78 is 26.5. The van der Waals surface area contributed by atoms with Crippen molar-refractivity contribution < 1.29 is 18.4 Å². The van der Waals surface area contributed by atoms with Gasteiger partial charge in [0.2, 0.25) is 0 Å². The average molecular weight is 267 g/mol.